The standard InChI is InChI=1S/C7H8N2S/c1-3-4-6(2)7-5-10-9-8-7/h3-5H,1H2,2H3/b6-4+. The molecule has 0 aliphatic heterocycles. The minimum Gasteiger partial charge on any atom is -0.138 e. The van der Waals surface area contributed by atoms with Gasteiger partial charge in [0.1, 0.15) is 5.69 Å². The first-order valence-electron chi connectivity index (χ1n) is 2.91. The van der Waals surface area contributed by atoms with E-state index in [4.69, 9.17) is 0 Å². The third kappa shape index (κ3) is 1.51. The smallest absolute Gasteiger partial charge is 0.101 e. The summed E-state index contributed by atoms with van der Waals surface area (Å²) in [5.74, 6) is 0. The Morgan fingerprint density at radius 2 is 2.60 bits per heavy atom. The van der Waals surface area contributed by atoms with Crippen molar-refractivity contribution >= 4 is 17.1 Å². The molecule has 1 rings (SSSR count). The maximum Gasteiger partial charge on any atom is 0.101 e. The van der Waals surface area contributed by atoms with Crippen LogP contribution < -0.4 is 0 Å². The lowest BCUT2D eigenvalue weighted by atomic mass is 10.2. The van der Waals surface area contributed by atoms with Crippen LogP contribution >= 0.6 is 11.5 Å². The molecular formula is C7H8N2S. The summed E-state index contributed by atoms with van der Waals surface area (Å²) in [6.45, 7) is 5.57. The molecule has 0 radical (unpaired) electrons. The van der Waals surface area contributed by atoms with Gasteiger partial charge in [-0.05, 0) is 24.0 Å². The van der Waals surface area contributed by atoms with Gasteiger partial charge in [-0.15, -0.1) is 5.10 Å². The maximum absolute atomic E-state index is 3.89. The molecule has 3 heteroatoms. The van der Waals surface area contributed by atoms with Crippen molar-refractivity contribution in [1.29, 1.82) is 0 Å². The molecule has 0 unspecified atom stereocenters. The Kier molecular flexibility index (Phi) is 2.34. The molecule has 0 fully saturated rings. The van der Waals surface area contributed by atoms with Crippen molar-refractivity contribution in [3.8, 4) is 0 Å². The van der Waals surface area contributed by atoms with E-state index in [0.717, 1.165) is 11.3 Å². The first kappa shape index (κ1) is 7.15. The van der Waals surface area contributed by atoms with E-state index >= 15 is 0 Å². The van der Waals surface area contributed by atoms with Crippen molar-refractivity contribution in [3.05, 3.63) is 29.8 Å². The molecule has 0 N–H and O–H groups in total. The highest BCUT2D eigenvalue weighted by atomic mass is 32.1. The van der Waals surface area contributed by atoms with E-state index in [1.807, 2.05) is 18.4 Å². The second-order valence-electron chi connectivity index (χ2n) is 1.88. The van der Waals surface area contributed by atoms with E-state index in [-0.39, 0.29) is 0 Å². The van der Waals surface area contributed by atoms with E-state index in [1.165, 1.54) is 11.5 Å². The number of rotatable bonds is 2. The van der Waals surface area contributed by atoms with Crippen molar-refractivity contribution < 1.29 is 0 Å². The first-order chi connectivity index (χ1) is 4.84. The van der Waals surface area contributed by atoms with Crippen LogP contribution in [0.15, 0.2) is 24.1 Å². The second-order valence-corrected chi connectivity index (χ2v) is 2.49. The number of hydrogen-bond acceptors (Lipinski definition) is 3. The van der Waals surface area contributed by atoms with E-state index in [1.54, 1.807) is 6.08 Å². The normalized spacial score (nSPS) is 11.5. The molecule has 1 heterocycles. The van der Waals surface area contributed by atoms with Gasteiger partial charge in [0, 0.05) is 5.38 Å². The summed E-state index contributed by atoms with van der Waals surface area (Å²) < 4.78 is 3.74. The fourth-order valence-electron chi connectivity index (χ4n) is 0.599. The second kappa shape index (κ2) is 3.27. The predicted molar refractivity (Wildman–Crippen MR) is 43.8 cm³/mol. The van der Waals surface area contributed by atoms with Crippen molar-refractivity contribution in [2.45, 2.75) is 6.92 Å². The molecule has 0 aliphatic rings. The number of nitrogens with zero attached hydrogens (tertiary/aromatic N) is 2. The molecule has 0 atom stereocenters. The van der Waals surface area contributed by atoms with Crippen LogP contribution in [0.5, 0.6) is 0 Å². The molecule has 0 aliphatic carbocycles. The van der Waals surface area contributed by atoms with Gasteiger partial charge >= 0.3 is 0 Å². The summed E-state index contributed by atoms with van der Waals surface area (Å²) in [6, 6.07) is 0. The largest absolute Gasteiger partial charge is 0.138 e. The molecule has 1 aromatic heterocycles. The van der Waals surface area contributed by atoms with E-state index < -0.39 is 0 Å². The number of aromatic nitrogens is 2. The maximum atomic E-state index is 3.89. The summed E-state index contributed by atoms with van der Waals surface area (Å²) in [5, 5.41) is 5.80. The highest BCUT2D eigenvalue weighted by Crippen LogP contribution is 2.10. The van der Waals surface area contributed by atoms with Gasteiger partial charge < -0.3 is 0 Å². The van der Waals surface area contributed by atoms with Crippen molar-refractivity contribution in [2.75, 3.05) is 0 Å². The lowest BCUT2D eigenvalue weighted by molar-refractivity contribution is 1.13. The van der Waals surface area contributed by atoms with Gasteiger partial charge in [-0.2, -0.15) is 0 Å². The molecule has 0 bridgehead atoms. The molecule has 0 saturated heterocycles. The molecule has 2 nitrogen and oxygen atoms in total. The fourth-order valence-corrected chi connectivity index (χ4v) is 1.11. The minimum atomic E-state index is 0.935. The average molecular weight is 152 g/mol. The Balaban J connectivity index is 2.86. The predicted octanol–water partition coefficient (Wildman–Crippen LogP) is 2.13. The van der Waals surface area contributed by atoms with E-state index in [9.17, 15) is 0 Å². The highest BCUT2D eigenvalue weighted by Gasteiger charge is 1.95. The van der Waals surface area contributed by atoms with Gasteiger partial charge in [-0.1, -0.05) is 23.2 Å². The van der Waals surface area contributed by atoms with Crippen LogP contribution in [0.4, 0.5) is 0 Å². The van der Waals surface area contributed by atoms with Gasteiger partial charge in [0.2, 0.25) is 0 Å². The molecule has 0 aromatic carbocycles. The van der Waals surface area contributed by atoms with Gasteiger partial charge in [0.05, 0.1) is 0 Å². The lowest BCUT2D eigenvalue weighted by Gasteiger charge is -1.88. The molecule has 1 aromatic rings. The summed E-state index contributed by atoms with van der Waals surface area (Å²) in [4.78, 5) is 0. The fraction of sp³-hybridized carbons (Fsp3) is 0.143. The summed E-state index contributed by atoms with van der Waals surface area (Å²) in [5.41, 5.74) is 2.04. The van der Waals surface area contributed by atoms with Crippen molar-refractivity contribution in [2.24, 2.45) is 0 Å². The number of hydrogen-bond donors (Lipinski definition) is 0. The Morgan fingerprint density at radius 3 is 3.10 bits per heavy atom. The molecule has 10 heavy (non-hydrogen) atoms. The van der Waals surface area contributed by atoms with Crippen LogP contribution in [0.25, 0.3) is 5.57 Å². The highest BCUT2D eigenvalue weighted by molar-refractivity contribution is 7.03. The van der Waals surface area contributed by atoms with Crippen LogP contribution in [-0.4, -0.2) is 9.59 Å². The molecular weight excluding hydrogens is 144 g/mol. The average Bonchev–Trinajstić information content (AvgIpc) is 2.38. The third-order valence-electron chi connectivity index (χ3n) is 1.13. The van der Waals surface area contributed by atoms with Crippen LogP contribution in [0.1, 0.15) is 12.6 Å². The quantitative estimate of drug-likeness (QED) is 0.607. The van der Waals surface area contributed by atoms with E-state index in [2.05, 4.69) is 16.2 Å². The summed E-state index contributed by atoms with van der Waals surface area (Å²) in [6.07, 6.45) is 3.66. The van der Waals surface area contributed by atoms with E-state index in [0.29, 0.717) is 0 Å². The minimum absolute atomic E-state index is 0.935. The molecule has 0 saturated carbocycles. The molecule has 0 spiro atoms. The zero-order chi connectivity index (χ0) is 7.40. The Labute approximate surface area is 64.1 Å². The molecule has 52 valence electrons. The Morgan fingerprint density at radius 1 is 1.80 bits per heavy atom. The number of allylic oxidation sites excluding steroid dienone is 3. The molecule has 0 amide bonds. The first-order valence-corrected chi connectivity index (χ1v) is 3.75. The van der Waals surface area contributed by atoms with Gasteiger partial charge in [-0.3, -0.25) is 0 Å². The Bertz CT molecular complexity index is 236. The lowest BCUT2D eigenvalue weighted by Crippen LogP contribution is -1.77. The monoisotopic (exact) mass is 152 g/mol. The van der Waals surface area contributed by atoms with Gasteiger partial charge in [0.25, 0.3) is 0 Å². The van der Waals surface area contributed by atoms with Crippen LogP contribution in [0.2, 0.25) is 0 Å². The zero-order valence-electron chi connectivity index (χ0n) is 5.74. The van der Waals surface area contributed by atoms with Gasteiger partial charge in [0.15, 0.2) is 0 Å². The van der Waals surface area contributed by atoms with Gasteiger partial charge in [-0.25, -0.2) is 0 Å². The Hall–Kier alpha value is -0.960. The summed E-state index contributed by atoms with van der Waals surface area (Å²) in [7, 11) is 0. The SMILES string of the molecule is C=C/C=C(\C)c1csnn1. The zero-order valence-corrected chi connectivity index (χ0v) is 6.56. The van der Waals surface area contributed by atoms with Crippen molar-refractivity contribution in [3.63, 3.8) is 0 Å². The van der Waals surface area contributed by atoms with Crippen molar-refractivity contribution in [1.82, 2.24) is 9.59 Å². The van der Waals surface area contributed by atoms with Crippen LogP contribution in [0, 0.1) is 0 Å². The van der Waals surface area contributed by atoms with Crippen LogP contribution in [-0.2, 0) is 0 Å². The van der Waals surface area contributed by atoms with Crippen LogP contribution in [0.3, 0.4) is 0 Å². The topological polar surface area (TPSA) is 25.8 Å². The third-order valence-corrected chi connectivity index (χ3v) is 1.64. The summed E-state index contributed by atoms with van der Waals surface area (Å²) >= 11 is 1.36.